The van der Waals surface area contributed by atoms with Crippen molar-refractivity contribution in [2.45, 2.75) is 5.41 Å². The van der Waals surface area contributed by atoms with E-state index in [0.717, 1.165) is 66.7 Å². The quantitative estimate of drug-likeness (QED) is 0.171. The third-order valence-electron chi connectivity index (χ3n) is 11.6. The lowest BCUT2D eigenvalue weighted by Crippen LogP contribution is -2.28. The summed E-state index contributed by atoms with van der Waals surface area (Å²) in [6.45, 7) is 0. The first-order chi connectivity index (χ1) is 27.8. The van der Waals surface area contributed by atoms with Gasteiger partial charge in [0, 0.05) is 27.5 Å². The molecule has 2 heteroatoms. The second-order valence-electron chi connectivity index (χ2n) is 14.6. The summed E-state index contributed by atoms with van der Waals surface area (Å²) >= 11 is 0. The number of pyridine rings is 1. The monoisotopic (exact) mass is 713 g/mol. The standard InChI is InChI=1S/C54H35NO/c1-5-17-38(18-6-1)48-33-40(34-49(55-48)39-19-7-2-8-20-39)36-29-31-37(32-30-36)45-35-47-52(53-51(45)44-26-14-16-28-50(44)56-53)43-25-13-15-27-46(43)54(47,41-21-9-3-10-22-41)42-23-11-4-12-24-42/h1-35H. The average molecular weight is 714 g/mol. The average Bonchev–Trinajstić information content (AvgIpc) is 3.82. The molecule has 0 aliphatic heterocycles. The van der Waals surface area contributed by atoms with E-state index in [9.17, 15) is 0 Å². The van der Waals surface area contributed by atoms with E-state index in [2.05, 4.69) is 200 Å². The van der Waals surface area contributed by atoms with E-state index in [1.807, 2.05) is 12.1 Å². The largest absolute Gasteiger partial charge is 0.455 e. The number of hydrogen-bond donors (Lipinski definition) is 0. The van der Waals surface area contributed by atoms with Crippen molar-refractivity contribution in [1.29, 1.82) is 0 Å². The summed E-state index contributed by atoms with van der Waals surface area (Å²) in [7, 11) is 0. The molecule has 0 bridgehead atoms. The molecule has 0 saturated carbocycles. The Morgan fingerprint density at radius 1 is 0.375 bits per heavy atom. The minimum absolute atomic E-state index is 0.547. The van der Waals surface area contributed by atoms with E-state index >= 15 is 0 Å². The summed E-state index contributed by atoms with van der Waals surface area (Å²) in [5.41, 5.74) is 17.3. The molecule has 2 nitrogen and oxygen atoms in total. The molecule has 2 aromatic heterocycles. The van der Waals surface area contributed by atoms with Gasteiger partial charge in [-0.05, 0) is 74.3 Å². The van der Waals surface area contributed by atoms with Crippen molar-refractivity contribution >= 4 is 21.9 Å². The molecule has 0 unspecified atom stereocenters. The highest BCUT2D eigenvalue weighted by Crippen LogP contribution is 2.59. The van der Waals surface area contributed by atoms with Gasteiger partial charge in [-0.1, -0.05) is 188 Å². The van der Waals surface area contributed by atoms with Crippen molar-refractivity contribution in [3.05, 3.63) is 235 Å². The van der Waals surface area contributed by atoms with Gasteiger partial charge < -0.3 is 4.42 Å². The molecular weight excluding hydrogens is 679 g/mol. The second kappa shape index (κ2) is 12.9. The highest BCUT2D eigenvalue weighted by Gasteiger charge is 2.47. The van der Waals surface area contributed by atoms with E-state index in [1.165, 1.54) is 33.4 Å². The first-order valence-electron chi connectivity index (χ1n) is 19.2. The summed E-state index contributed by atoms with van der Waals surface area (Å²) in [5, 5.41) is 2.26. The molecule has 0 N–H and O–H groups in total. The lowest BCUT2D eigenvalue weighted by atomic mass is 9.67. The van der Waals surface area contributed by atoms with E-state index in [4.69, 9.17) is 9.40 Å². The van der Waals surface area contributed by atoms with Crippen LogP contribution in [0.15, 0.2) is 217 Å². The highest BCUT2D eigenvalue weighted by molar-refractivity contribution is 6.18. The van der Waals surface area contributed by atoms with Crippen molar-refractivity contribution in [2.24, 2.45) is 0 Å². The van der Waals surface area contributed by atoms with Crippen LogP contribution in [0.2, 0.25) is 0 Å². The number of rotatable bonds is 6. The zero-order chi connectivity index (χ0) is 37.1. The Bertz CT molecular complexity index is 2940. The van der Waals surface area contributed by atoms with Gasteiger partial charge in [0.05, 0.1) is 16.8 Å². The zero-order valence-electron chi connectivity index (χ0n) is 30.6. The Morgan fingerprint density at radius 2 is 0.893 bits per heavy atom. The van der Waals surface area contributed by atoms with Crippen LogP contribution in [0.5, 0.6) is 0 Å². The molecule has 262 valence electrons. The second-order valence-corrected chi connectivity index (χ2v) is 14.6. The van der Waals surface area contributed by atoms with E-state index in [-0.39, 0.29) is 0 Å². The van der Waals surface area contributed by atoms with Gasteiger partial charge in [0.25, 0.3) is 0 Å². The van der Waals surface area contributed by atoms with E-state index < -0.39 is 5.41 Å². The van der Waals surface area contributed by atoms with Crippen molar-refractivity contribution in [3.8, 4) is 55.9 Å². The Kier molecular flexibility index (Phi) is 7.43. The maximum absolute atomic E-state index is 6.98. The molecule has 0 amide bonds. The summed E-state index contributed by atoms with van der Waals surface area (Å²) in [6, 6.07) is 76.1. The molecule has 56 heavy (non-hydrogen) atoms. The fourth-order valence-corrected chi connectivity index (χ4v) is 9.08. The van der Waals surface area contributed by atoms with Crippen LogP contribution in [0, 0.1) is 0 Å². The predicted molar refractivity (Wildman–Crippen MR) is 231 cm³/mol. The van der Waals surface area contributed by atoms with Crippen molar-refractivity contribution in [2.75, 3.05) is 0 Å². The number of hydrogen-bond acceptors (Lipinski definition) is 2. The van der Waals surface area contributed by atoms with Gasteiger partial charge in [-0.2, -0.15) is 0 Å². The van der Waals surface area contributed by atoms with Gasteiger partial charge in [-0.15, -0.1) is 0 Å². The van der Waals surface area contributed by atoms with Crippen molar-refractivity contribution in [1.82, 2.24) is 4.98 Å². The van der Waals surface area contributed by atoms with Gasteiger partial charge in [-0.25, -0.2) is 4.98 Å². The fraction of sp³-hybridized carbons (Fsp3) is 0.0185. The molecule has 0 atom stereocenters. The topological polar surface area (TPSA) is 26.0 Å². The van der Waals surface area contributed by atoms with Crippen LogP contribution in [0.1, 0.15) is 22.3 Å². The number of para-hydroxylation sites is 1. The van der Waals surface area contributed by atoms with Gasteiger partial charge in [-0.3, -0.25) is 0 Å². The molecule has 10 aromatic rings. The Balaban J connectivity index is 1.16. The normalized spacial score (nSPS) is 12.8. The van der Waals surface area contributed by atoms with Crippen LogP contribution in [-0.2, 0) is 5.41 Å². The molecule has 8 aromatic carbocycles. The molecule has 0 fully saturated rings. The molecule has 2 heterocycles. The number of furan rings is 1. The van der Waals surface area contributed by atoms with Crippen LogP contribution in [0.25, 0.3) is 77.8 Å². The molecule has 0 saturated heterocycles. The molecule has 0 spiro atoms. The van der Waals surface area contributed by atoms with Crippen molar-refractivity contribution < 1.29 is 4.42 Å². The summed E-state index contributed by atoms with van der Waals surface area (Å²) < 4.78 is 6.98. The predicted octanol–water partition coefficient (Wildman–Crippen LogP) is 14.0. The molecule has 1 aliphatic carbocycles. The van der Waals surface area contributed by atoms with Crippen LogP contribution < -0.4 is 0 Å². The van der Waals surface area contributed by atoms with Crippen LogP contribution in [0.3, 0.4) is 0 Å². The third kappa shape index (κ3) is 4.93. The maximum Gasteiger partial charge on any atom is 0.144 e. The molecular formula is C54H35NO. The van der Waals surface area contributed by atoms with Crippen LogP contribution in [-0.4, -0.2) is 4.98 Å². The lowest BCUT2D eigenvalue weighted by molar-refractivity contribution is 0.669. The lowest BCUT2D eigenvalue weighted by Gasteiger charge is -2.34. The van der Waals surface area contributed by atoms with Crippen LogP contribution >= 0.6 is 0 Å². The Morgan fingerprint density at radius 3 is 1.52 bits per heavy atom. The Hall–Kier alpha value is -7.29. The Labute approximate surface area is 326 Å². The fourth-order valence-electron chi connectivity index (χ4n) is 9.08. The summed E-state index contributed by atoms with van der Waals surface area (Å²) in [5.74, 6) is 0. The molecule has 11 rings (SSSR count). The van der Waals surface area contributed by atoms with E-state index in [1.54, 1.807) is 0 Å². The van der Waals surface area contributed by atoms with E-state index in [0.29, 0.717) is 0 Å². The molecule has 0 radical (unpaired) electrons. The number of fused-ring (bicyclic) bond motifs is 7. The maximum atomic E-state index is 6.98. The smallest absolute Gasteiger partial charge is 0.144 e. The van der Waals surface area contributed by atoms with Gasteiger partial charge in [0.1, 0.15) is 11.2 Å². The first kappa shape index (κ1) is 32.2. The highest BCUT2D eigenvalue weighted by atomic mass is 16.3. The van der Waals surface area contributed by atoms with Gasteiger partial charge in [0.15, 0.2) is 0 Å². The molecule has 1 aliphatic rings. The number of nitrogens with zero attached hydrogens (tertiary/aromatic N) is 1. The van der Waals surface area contributed by atoms with Crippen LogP contribution in [0.4, 0.5) is 0 Å². The van der Waals surface area contributed by atoms with Gasteiger partial charge in [0.2, 0.25) is 0 Å². The zero-order valence-corrected chi connectivity index (χ0v) is 30.6. The van der Waals surface area contributed by atoms with Crippen molar-refractivity contribution in [3.63, 3.8) is 0 Å². The first-order valence-corrected chi connectivity index (χ1v) is 19.2. The third-order valence-corrected chi connectivity index (χ3v) is 11.6. The number of benzene rings is 8. The minimum atomic E-state index is -0.547. The minimum Gasteiger partial charge on any atom is -0.455 e. The number of aromatic nitrogens is 1. The summed E-state index contributed by atoms with van der Waals surface area (Å²) in [6.07, 6.45) is 0. The SMILES string of the molecule is c1ccc(-c2cc(-c3ccc(-c4cc5c(c6oc7ccccc7c46)-c4ccccc4C5(c4ccccc4)c4ccccc4)cc3)cc(-c3ccccc3)n2)cc1. The summed E-state index contributed by atoms with van der Waals surface area (Å²) in [4.78, 5) is 5.13. The van der Waals surface area contributed by atoms with Gasteiger partial charge >= 0.3 is 0 Å².